The van der Waals surface area contributed by atoms with Crippen LogP contribution in [0.1, 0.15) is 0 Å². The number of fused-ring (bicyclic) bond motifs is 1. The number of anilines is 1. The van der Waals surface area contributed by atoms with Crippen LogP contribution in [0.15, 0.2) is 101 Å². The smallest absolute Gasteiger partial charge is 0.296 e. The van der Waals surface area contributed by atoms with Gasteiger partial charge in [0.05, 0.1) is 57.0 Å². The Bertz CT molecular complexity index is 2230. The molecule has 0 saturated carbocycles. The van der Waals surface area contributed by atoms with Crippen molar-refractivity contribution in [1.82, 2.24) is 0 Å². The molecule has 18 nitrogen and oxygen atoms in total. The lowest BCUT2D eigenvalue weighted by molar-refractivity contribution is 0.319. The summed E-state index contributed by atoms with van der Waals surface area (Å²) in [6.45, 7) is -1.23. The number of phenols is 1. The first-order valence-electron chi connectivity index (χ1n) is 13.1. The van der Waals surface area contributed by atoms with Gasteiger partial charge in [0.1, 0.15) is 21.2 Å². The maximum absolute atomic E-state index is 12.3. The number of nitrogen functional groups attached to an aromatic ring is 1. The Morgan fingerprint density at radius 2 is 0.958 bits per heavy atom. The van der Waals surface area contributed by atoms with E-state index in [9.17, 15) is 47.9 Å². The van der Waals surface area contributed by atoms with Gasteiger partial charge in [-0.25, -0.2) is 16.8 Å². The van der Waals surface area contributed by atoms with E-state index in [1.807, 2.05) is 0 Å². The highest BCUT2D eigenvalue weighted by atomic mass is 32.2. The van der Waals surface area contributed by atoms with Crippen molar-refractivity contribution in [2.75, 3.05) is 30.5 Å². The van der Waals surface area contributed by atoms with Crippen molar-refractivity contribution in [3.8, 4) is 5.75 Å². The van der Waals surface area contributed by atoms with E-state index in [2.05, 4.69) is 20.5 Å². The summed E-state index contributed by atoms with van der Waals surface area (Å²) in [4.78, 5) is -2.34. The molecule has 0 saturated heterocycles. The Morgan fingerprint density at radius 1 is 0.583 bits per heavy atom. The van der Waals surface area contributed by atoms with Crippen molar-refractivity contribution in [3.63, 3.8) is 0 Å². The van der Waals surface area contributed by atoms with Gasteiger partial charge in [-0.05, 0) is 66.0 Å². The number of aliphatic hydroxyl groups is 2. The molecule has 7 N–H and O–H groups in total. The lowest BCUT2D eigenvalue weighted by Crippen LogP contribution is -2.09. The molecule has 4 aromatic carbocycles. The molecular formula is C26H25N5O13S4. The number of sulfone groups is 2. The first-order chi connectivity index (χ1) is 22.3. The average molecular weight is 744 g/mol. The number of aliphatic hydroxyl groups excluding tert-OH is 2. The summed E-state index contributed by atoms with van der Waals surface area (Å²) in [5.74, 6) is -2.10. The van der Waals surface area contributed by atoms with Gasteiger partial charge in [-0.15, -0.1) is 10.2 Å². The van der Waals surface area contributed by atoms with Gasteiger partial charge in [0.15, 0.2) is 25.4 Å². The summed E-state index contributed by atoms with van der Waals surface area (Å²) >= 11 is 0. The van der Waals surface area contributed by atoms with E-state index in [4.69, 9.17) is 15.9 Å². The molecule has 0 bridgehead atoms. The van der Waals surface area contributed by atoms with Crippen LogP contribution in [0.4, 0.5) is 28.4 Å². The van der Waals surface area contributed by atoms with E-state index in [1.54, 1.807) is 0 Å². The van der Waals surface area contributed by atoms with Crippen LogP contribution in [0.5, 0.6) is 5.75 Å². The Balaban J connectivity index is 1.88. The zero-order valence-electron chi connectivity index (χ0n) is 24.1. The average Bonchev–Trinajstić information content (AvgIpc) is 2.99. The fourth-order valence-corrected chi connectivity index (χ4v) is 7.62. The molecule has 0 unspecified atom stereocenters. The Labute approximate surface area is 273 Å². The summed E-state index contributed by atoms with van der Waals surface area (Å²) in [7, 11) is -17.9. The summed E-state index contributed by atoms with van der Waals surface area (Å²) in [6, 6.07) is 10.7. The number of benzene rings is 4. The van der Waals surface area contributed by atoms with Crippen molar-refractivity contribution < 1.29 is 58.1 Å². The number of nitrogens with zero attached hydrogens (tertiary/aromatic N) is 4. The van der Waals surface area contributed by atoms with E-state index < -0.39 is 108 Å². The van der Waals surface area contributed by atoms with Crippen LogP contribution in [-0.2, 0) is 39.9 Å². The second-order valence-corrected chi connectivity index (χ2v) is 16.7. The van der Waals surface area contributed by atoms with Crippen LogP contribution in [0.2, 0.25) is 0 Å². The molecule has 0 spiro atoms. The van der Waals surface area contributed by atoms with Gasteiger partial charge in [-0.2, -0.15) is 27.1 Å². The lowest BCUT2D eigenvalue weighted by Gasteiger charge is -2.14. The van der Waals surface area contributed by atoms with Gasteiger partial charge in [0, 0.05) is 0 Å². The molecule has 0 radical (unpaired) electrons. The van der Waals surface area contributed by atoms with E-state index >= 15 is 0 Å². The first kappa shape index (κ1) is 36.4. The predicted molar refractivity (Wildman–Crippen MR) is 169 cm³/mol. The molecule has 0 aliphatic rings. The zero-order chi connectivity index (χ0) is 35.7. The third-order valence-electron chi connectivity index (χ3n) is 6.51. The molecule has 0 aliphatic carbocycles. The normalized spacial score (nSPS) is 13.2. The molecule has 0 aromatic heterocycles. The number of nitrogens with two attached hydrogens (primary N) is 1. The van der Waals surface area contributed by atoms with Crippen LogP contribution >= 0.6 is 0 Å². The fraction of sp³-hybridized carbons (Fsp3) is 0.154. The van der Waals surface area contributed by atoms with Gasteiger partial charge in [-0.3, -0.25) is 9.11 Å². The van der Waals surface area contributed by atoms with Gasteiger partial charge >= 0.3 is 0 Å². The number of hydrogen-bond donors (Lipinski definition) is 6. The van der Waals surface area contributed by atoms with E-state index in [-0.39, 0.29) is 21.2 Å². The standard InChI is InChI=1S/C26H25N5O13S4/c27-23-22-15(13-20(47(39,40)41)24(23)30-28-16-1-5-18(6-2-16)45(35,36)11-9-32)14-21(48(42,43)44)25(26(22)34)31-29-17-3-7-19(8-4-17)46(37,38)12-10-33/h1-8,13-14,32-34H,9-12,27H2,(H,39,40,41)(H,42,43,44)/b30-28+,31-29+. The highest BCUT2D eigenvalue weighted by Gasteiger charge is 2.28. The van der Waals surface area contributed by atoms with Crippen molar-refractivity contribution in [2.24, 2.45) is 20.5 Å². The quantitative estimate of drug-likeness (QED) is 0.0690. The highest BCUT2D eigenvalue weighted by molar-refractivity contribution is 7.91. The van der Waals surface area contributed by atoms with Crippen molar-refractivity contribution in [1.29, 1.82) is 0 Å². The fourth-order valence-electron chi connectivity index (χ4n) is 4.24. The number of phenolic OH excluding ortho intramolecular Hbond substituents is 1. The molecule has 0 fully saturated rings. The maximum atomic E-state index is 12.3. The highest BCUT2D eigenvalue weighted by Crippen LogP contribution is 2.48. The van der Waals surface area contributed by atoms with E-state index in [0.29, 0.717) is 12.1 Å². The topological polar surface area (TPSA) is 313 Å². The summed E-state index contributed by atoms with van der Waals surface area (Å²) in [5.41, 5.74) is 3.86. The van der Waals surface area contributed by atoms with Crippen molar-refractivity contribution in [2.45, 2.75) is 19.6 Å². The molecule has 4 rings (SSSR count). The third kappa shape index (κ3) is 7.82. The molecule has 0 aliphatic heterocycles. The molecule has 0 atom stereocenters. The minimum absolute atomic E-state index is 0.0191. The van der Waals surface area contributed by atoms with Crippen LogP contribution < -0.4 is 5.73 Å². The molecule has 0 amide bonds. The molecule has 256 valence electrons. The van der Waals surface area contributed by atoms with E-state index in [0.717, 1.165) is 24.3 Å². The molecular weight excluding hydrogens is 719 g/mol. The Morgan fingerprint density at radius 3 is 1.33 bits per heavy atom. The van der Waals surface area contributed by atoms with Gasteiger partial charge < -0.3 is 21.1 Å². The van der Waals surface area contributed by atoms with Gasteiger partial charge in [-0.1, -0.05) is 0 Å². The van der Waals surface area contributed by atoms with Crippen LogP contribution in [0.3, 0.4) is 0 Å². The molecule has 0 heterocycles. The summed E-state index contributed by atoms with van der Waals surface area (Å²) in [5, 5.41) is 43.3. The number of aromatic hydroxyl groups is 1. The van der Waals surface area contributed by atoms with Crippen LogP contribution in [0.25, 0.3) is 10.8 Å². The van der Waals surface area contributed by atoms with Crippen molar-refractivity contribution >= 4 is 79.1 Å². The molecule has 22 heteroatoms. The van der Waals surface area contributed by atoms with Crippen LogP contribution in [0, 0.1) is 0 Å². The number of rotatable bonds is 12. The number of azo groups is 2. The minimum Gasteiger partial charge on any atom is -0.505 e. The maximum Gasteiger partial charge on any atom is 0.296 e. The Hall–Kier alpha value is -4.42. The predicted octanol–water partition coefficient (Wildman–Crippen LogP) is 2.98. The largest absolute Gasteiger partial charge is 0.505 e. The van der Waals surface area contributed by atoms with Crippen LogP contribution in [-0.4, -0.2) is 82.8 Å². The first-order valence-corrected chi connectivity index (χ1v) is 19.3. The SMILES string of the molecule is Nc1c(/N=N/c2ccc(S(=O)(=O)CCO)cc2)c(S(=O)(=O)O)cc2cc(S(=O)(=O)O)c(/N=N/c3ccc(S(=O)(=O)CCO)cc3)c(O)c12. The lowest BCUT2D eigenvalue weighted by atomic mass is 10.1. The minimum atomic E-state index is -5.19. The zero-order valence-corrected chi connectivity index (χ0v) is 27.4. The third-order valence-corrected chi connectivity index (χ3v) is 11.7. The van der Waals surface area contributed by atoms with E-state index in [1.165, 1.54) is 24.3 Å². The second kappa shape index (κ2) is 13.6. The Kier molecular flexibility index (Phi) is 10.3. The second-order valence-electron chi connectivity index (χ2n) is 9.73. The number of hydrogen-bond acceptors (Lipinski definition) is 16. The summed E-state index contributed by atoms with van der Waals surface area (Å²) in [6.07, 6.45) is 0. The van der Waals surface area contributed by atoms with Gasteiger partial charge in [0.2, 0.25) is 0 Å². The monoisotopic (exact) mass is 743 g/mol. The van der Waals surface area contributed by atoms with Gasteiger partial charge in [0.25, 0.3) is 20.2 Å². The summed E-state index contributed by atoms with van der Waals surface area (Å²) < 4.78 is 117. The molecule has 4 aromatic rings. The van der Waals surface area contributed by atoms with Crippen molar-refractivity contribution in [3.05, 3.63) is 60.7 Å². The molecule has 48 heavy (non-hydrogen) atoms.